The number of furan rings is 2. The van der Waals surface area contributed by atoms with Crippen LogP contribution in [0, 0.1) is 0 Å². The fourth-order valence-corrected chi connectivity index (χ4v) is 9.44. The van der Waals surface area contributed by atoms with Crippen LogP contribution in [0.25, 0.3) is 120 Å². The van der Waals surface area contributed by atoms with E-state index in [1.807, 2.05) is 65.9 Å². The van der Waals surface area contributed by atoms with Gasteiger partial charge in [0.2, 0.25) is 0 Å². The monoisotopic (exact) mass is 747 g/mol. The Labute approximate surface area is 330 Å². The zero-order valence-corrected chi connectivity index (χ0v) is 31.1. The summed E-state index contributed by atoms with van der Waals surface area (Å²) < 4.78 is 15.7. The predicted octanol–water partition coefficient (Wildman–Crippen LogP) is 14.4. The molecule has 5 nitrogen and oxygen atoms in total. The molecule has 0 saturated carbocycles. The molecule has 0 aliphatic rings. The van der Waals surface area contributed by atoms with Crippen molar-refractivity contribution in [3.05, 3.63) is 176 Å². The van der Waals surface area contributed by atoms with E-state index in [-0.39, 0.29) is 0 Å². The molecule has 0 aliphatic carbocycles. The number of hydrogen-bond acceptors (Lipinski definition) is 6. The predicted molar refractivity (Wildman–Crippen MR) is 234 cm³/mol. The summed E-state index contributed by atoms with van der Waals surface area (Å²) in [4.78, 5) is 15.7. The van der Waals surface area contributed by atoms with E-state index in [2.05, 4.69) is 121 Å². The normalized spacial score (nSPS) is 11.9. The van der Waals surface area contributed by atoms with Crippen LogP contribution in [0.4, 0.5) is 0 Å². The highest BCUT2D eigenvalue weighted by molar-refractivity contribution is 7.25. The van der Waals surface area contributed by atoms with Crippen LogP contribution in [0.1, 0.15) is 0 Å². The molecule has 0 amide bonds. The molecule has 0 saturated heterocycles. The van der Waals surface area contributed by atoms with Crippen LogP contribution < -0.4 is 0 Å². The summed E-state index contributed by atoms with van der Waals surface area (Å²) in [5.41, 5.74) is 10.2. The van der Waals surface area contributed by atoms with E-state index < -0.39 is 0 Å². The number of para-hydroxylation sites is 2. The van der Waals surface area contributed by atoms with Crippen molar-refractivity contribution in [1.29, 1.82) is 0 Å². The van der Waals surface area contributed by atoms with Crippen LogP contribution in [-0.4, -0.2) is 15.0 Å². The third-order valence-corrected chi connectivity index (χ3v) is 12.1. The largest absolute Gasteiger partial charge is 0.456 e. The summed E-state index contributed by atoms with van der Waals surface area (Å²) in [6.45, 7) is 0. The number of benzene rings is 8. The molecule has 0 spiro atoms. The maximum atomic E-state index is 6.60. The van der Waals surface area contributed by atoms with Gasteiger partial charge in [0, 0.05) is 52.8 Å². The van der Waals surface area contributed by atoms with Crippen molar-refractivity contribution in [3.63, 3.8) is 0 Å². The van der Waals surface area contributed by atoms with Crippen LogP contribution in [0.2, 0.25) is 0 Å². The standard InChI is InChI=1S/C51H29N3O2S/c1-2-11-30(12-3-1)31-23-25-32(26-24-31)49-52-50(54-51(53-49)40-18-8-16-38-35-13-4-6-19-41(35)56-48(38)40)39-17-10-21-43-47(39)46-34(15-9-20-42(46)55-43)33-27-28-37-36-14-5-7-22-44(36)57-45(37)29-33/h1-29H. The van der Waals surface area contributed by atoms with Gasteiger partial charge >= 0.3 is 0 Å². The Bertz CT molecular complexity index is 3530. The highest BCUT2D eigenvalue weighted by Gasteiger charge is 2.22. The molecular formula is C51H29N3O2S. The molecule has 12 rings (SSSR count). The fraction of sp³-hybridized carbons (Fsp3) is 0. The zero-order chi connectivity index (χ0) is 37.5. The van der Waals surface area contributed by atoms with Crippen molar-refractivity contribution in [1.82, 2.24) is 15.0 Å². The highest BCUT2D eigenvalue weighted by Crippen LogP contribution is 2.44. The molecule has 0 N–H and O–H groups in total. The molecule has 0 bridgehead atoms. The maximum Gasteiger partial charge on any atom is 0.167 e. The third-order valence-electron chi connectivity index (χ3n) is 11.0. The fourth-order valence-electron chi connectivity index (χ4n) is 8.30. The van der Waals surface area contributed by atoms with E-state index in [0.717, 1.165) is 82.8 Å². The SMILES string of the molecule is c1ccc(-c2ccc(-c3nc(-c4cccc5c4oc4ccccc45)nc(-c4cccc5oc6cccc(-c7ccc8c(c7)sc7ccccc78)c6c45)n3)cc2)cc1. The van der Waals surface area contributed by atoms with Gasteiger partial charge in [-0.05, 0) is 58.7 Å². The van der Waals surface area contributed by atoms with E-state index in [1.54, 1.807) is 0 Å². The molecule has 6 heteroatoms. The van der Waals surface area contributed by atoms with Crippen LogP contribution in [0.5, 0.6) is 0 Å². The smallest absolute Gasteiger partial charge is 0.167 e. The summed E-state index contributed by atoms with van der Waals surface area (Å²) >= 11 is 1.82. The van der Waals surface area contributed by atoms with Gasteiger partial charge in [-0.25, -0.2) is 15.0 Å². The van der Waals surface area contributed by atoms with E-state index in [9.17, 15) is 0 Å². The van der Waals surface area contributed by atoms with Crippen molar-refractivity contribution >= 4 is 75.4 Å². The van der Waals surface area contributed by atoms with Crippen LogP contribution in [-0.2, 0) is 0 Å². The van der Waals surface area contributed by atoms with E-state index in [1.165, 1.54) is 20.2 Å². The number of thiophene rings is 1. The lowest BCUT2D eigenvalue weighted by Crippen LogP contribution is -2.00. The molecule has 8 aromatic carbocycles. The van der Waals surface area contributed by atoms with Gasteiger partial charge in [-0.15, -0.1) is 11.3 Å². The number of rotatable bonds is 5. The second kappa shape index (κ2) is 12.6. The summed E-state index contributed by atoms with van der Waals surface area (Å²) in [6, 6.07) is 60.9. The van der Waals surface area contributed by atoms with Gasteiger partial charge in [-0.2, -0.15) is 0 Å². The molecule has 4 heterocycles. The molecule has 0 aliphatic heterocycles. The molecule has 0 fully saturated rings. The van der Waals surface area contributed by atoms with E-state index >= 15 is 0 Å². The van der Waals surface area contributed by atoms with Gasteiger partial charge in [0.15, 0.2) is 17.5 Å². The van der Waals surface area contributed by atoms with E-state index in [4.69, 9.17) is 23.8 Å². The number of fused-ring (bicyclic) bond motifs is 9. The summed E-state index contributed by atoms with van der Waals surface area (Å²) in [6.07, 6.45) is 0. The first-order valence-electron chi connectivity index (χ1n) is 18.9. The van der Waals surface area contributed by atoms with Crippen molar-refractivity contribution in [2.24, 2.45) is 0 Å². The van der Waals surface area contributed by atoms with E-state index in [0.29, 0.717) is 17.5 Å². The van der Waals surface area contributed by atoms with Crippen LogP contribution in [0.3, 0.4) is 0 Å². The van der Waals surface area contributed by atoms with Gasteiger partial charge < -0.3 is 8.83 Å². The van der Waals surface area contributed by atoms with Crippen LogP contribution in [0.15, 0.2) is 185 Å². The van der Waals surface area contributed by atoms with Crippen molar-refractivity contribution in [2.75, 3.05) is 0 Å². The Hall–Kier alpha value is -7.41. The van der Waals surface area contributed by atoms with Gasteiger partial charge in [0.05, 0.1) is 5.56 Å². The minimum Gasteiger partial charge on any atom is -0.456 e. The first kappa shape index (κ1) is 31.9. The molecule has 266 valence electrons. The van der Waals surface area contributed by atoms with Gasteiger partial charge in [0.1, 0.15) is 22.3 Å². The molecule has 57 heavy (non-hydrogen) atoms. The number of nitrogens with zero attached hydrogens (tertiary/aromatic N) is 3. The lowest BCUT2D eigenvalue weighted by atomic mass is 9.96. The average Bonchev–Trinajstić information content (AvgIpc) is 3.97. The first-order valence-corrected chi connectivity index (χ1v) is 19.7. The Morgan fingerprint density at radius 2 is 0.895 bits per heavy atom. The molecule has 4 aromatic heterocycles. The minimum atomic E-state index is 0.534. The topological polar surface area (TPSA) is 65.0 Å². The van der Waals surface area contributed by atoms with Gasteiger partial charge in [0.25, 0.3) is 0 Å². The first-order chi connectivity index (χ1) is 28.2. The quantitative estimate of drug-likeness (QED) is 0.175. The molecular weight excluding hydrogens is 719 g/mol. The Kier molecular flexibility index (Phi) is 7.03. The minimum absolute atomic E-state index is 0.534. The number of aromatic nitrogens is 3. The summed E-state index contributed by atoms with van der Waals surface area (Å²) in [5, 5.41) is 6.61. The average molecular weight is 748 g/mol. The zero-order valence-electron chi connectivity index (χ0n) is 30.3. The lowest BCUT2D eigenvalue weighted by Gasteiger charge is -2.11. The molecule has 0 atom stereocenters. The van der Waals surface area contributed by atoms with Gasteiger partial charge in [-0.3, -0.25) is 0 Å². The summed E-state index contributed by atoms with van der Waals surface area (Å²) in [5.74, 6) is 1.66. The molecule has 12 aromatic rings. The molecule has 0 radical (unpaired) electrons. The van der Waals surface area contributed by atoms with Crippen molar-refractivity contribution in [3.8, 4) is 56.4 Å². The highest BCUT2D eigenvalue weighted by atomic mass is 32.1. The second-order valence-electron chi connectivity index (χ2n) is 14.3. The Balaban J connectivity index is 1.09. The van der Waals surface area contributed by atoms with Crippen LogP contribution >= 0.6 is 11.3 Å². The second-order valence-corrected chi connectivity index (χ2v) is 15.4. The Morgan fingerprint density at radius 3 is 1.74 bits per heavy atom. The molecule has 0 unspecified atom stereocenters. The van der Waals surface area contributed by atoms with Crippen molar-refractivity contribution in [2.45, 2.75) is 0 Å². The third kappa shape index (κ3) is 5.12. The summed E-state index contributed by atoms with van der Waals surface area (Å²) in [7, 11) is 0. The van der Waals surface area contributed by atoms with Gasteiger partial charge in [-0.1, -0.05) is 140 Å². The number of hydrogen-bond donors (Lipinski definition) is 0. The Morgan fingerprint density at radius 1 is 0.333 bits per heavy atom. The maximum absolute atomic E-state index is 6.60. The van der Waals surface area contributed by atoms with Crippen molar-refractivity contribution < 1.29 is 8.83 Å². The lowest BCUT2D eigenvalue weighted by molar-refractivity contribution is 0.668.